The summed E-state index contributed by atoms with van der Waals surface area (Å²) in [4.78, 5) is 24.9. The molecule has 4 rings (SSSR count). The Morgan fingerprint density at radius 1 is 1.32 bits per heavy atom. The van der Waals surface area contributed by atoms with Crippen molar-refractivity contribution in [2.45, 2.75) is 12.6 Å². The van der Waals surface area contributed by atoms with Gasteiger partial charge in [0, 0.05) is 56.5 Å². The topological polar surface area (TPSA) is 100 Å². The third-order valence-electron chi connectivity index (χ3n) is 4.59. The number of carbonyl (C=O) groups excluding carboxylic acids is 1. The molecular formula is C20H17AcFN7O2-. The van der Waals surface area contributed by atoms with E-state index in [0.717, 1.165) is 0 Å². The maximum atomic E-state index is 14.7. The zero-order chi connectivity index (χ0) is 21.1. The van der Waals surface area contributed by atoms with Crippen molar-refractivity contribution in [2.75, 3.05) is 23.3 Å². The van der Waals surface area contributed by atoms with Gasteiger partial charge < -0.3 is 20.4 Å². The van der Waals surface area contributed by atoms with E-state index in [2.05, 4.69) is 20.1 Å². The van der Waals surface area contributed by atoms with Gasteiger partial charge in [0.15, 0.2) is 0 Å². The van der Waals surface area contributed by atoms with Gasteiger partial charge in [-0.1, -0.05) is 6.07 Å². The summed E-state index contributed by atoms with van der Waals surface area (Å²) in [5.41, 5.74) is 9.14. The van der Waals surface area contributed by atoms with Crippen LogP contribution < -0.4 is 10.2 Å². The Morgan fingerprint density at radius 3 is 2.81 bits per heavy atom. The van der Waals surface area contributed by atoms with Gasteiger partial charge >= 0.3 is 6.09 Å². The van der Waals surface area contributed by atoms with Crippen LogP contribution in [0.2, 0.25) is 0 Å². The number of hydrogen-bond donors (Lipinski definition) is 1. The SMILES string of the molecule is [Ac].[C-]#[N+]c1ccc(NCc2cn(-c3ccc(N4C[C@H](C[NH-])OC4=O)cc3F)cn2)nc1. The van der Waals surface area contributed by atoms with Crippen LogP contribution in [0.5, 0.6) is 0 Å². The van der Waals surface area contributed by atoms with Gasteiger partial charge in [-0.05, 0) is 24.3 Å². The average Bonchev–Trinajstić information content (AvgIpc) is 3.39. The molecule has 2 N–H and O–H groups in total. The summed E-state index contributed by atoms with van der Waals surface area (Å²) in [6.07, 6.45) is 3.60. The van der Waals surface area contributed by atoms with E-state index in [4.69, 9.17) is 17.0 Å². The molecule has 3 aromatic rings. The molecule has 11 heteroatoms. The van der Waals surface area contributed by atoms with Gasteiger partial charge in [-0.15, -0.1) is 6.54 Å². The molecule has 2 aromatic heterocycles. The molecule has 1 atom stereocenters. The van der Waals surface area contributed by atoms with Crippen molar-refractivity contribution in [1.29, 1.82) is 0 Å². The number of imidazole rings is 1. The standard InChI is InChI=1S/C20H17FN7O2.Ac/c1-23-13-2-5-19(24-8-13)25-9-14-10-27(12-26-14)18-4-3-15(6-17(18)21)28-11-16(7-22)30-20(28)29;/h2-6,8,10,12,16,22H,7,9,11H2,(H,24,25);/q-1;/t16-;/m0./s1. The molecule has 9 nitrogen and oxygen atoms in total. The second kappa shape index (κ2) is 10.2. The maximum absolute atomic E-state index is 14.7. The third kappa shape index (κ3) is 5.21. The molecule has 0 aliphatic carbocycles. The number of ether oxygens (including phenoxy) is 1. The van der Waals surface area contributed by atoms with Crippen molar-refractivity contribution >= 4 is 23.3 Å². The molecule has 0 saturated carbocycles. The Hall–Kier alpha value is -2.53. The molecule has 0 unspecified atom stereocenters. The first-order valence-corrected chi connectivity index (χ1v) is 9.10. The summed E-state index contributed by atoms with van der Waals surface area (Å²) in [5, 5.41) is 3.10. The summed E-state index contributed by atoms with van der Waals surface area (Å²) in [6.45, 7) is 7.51. The zero-order valence-electron chi connectivity index (χ0n) is 16.3. The molecule has 0 spiro atoms. The molecule has 1 aliphatic rings. The molecule has 31 heavy (non-hydrogen) atoms. The van der Waals surface area contributed by atoms with Gasteiger partial charge in [-0.25, -0.2) is 19.0 Å². The molecule has 1 amide bonds. The second-order valence-corrected chi connectivity index (χ2v) is 6.60. The fraction of sp³-hybridized carbons (Fsp3) is 0.200. The van der Waals surface area contributed by atoms with Gasteiger partial charge in [-0.2, -0.15) is 0 Å². The summed E-state index contributed by atoms with van der Waals surface area (Å²) in [5.74, 6) is 0.0962. The number of nitrogens with one attached hydrogen (secondary N) is 2. The summed E-state index contributed by atoms with van der Waals surface area (Å²) < 4.78 is 21.3. The van der Waals surface area contributed by atoms with Crippen molar-refractivity contribution in [2.24, 2.45) is 0 Å². The molecule has 1 fully saturated rings. The molecule has 155 valence electrons. The zero-order valence-corrected chi connectivity index (χ0v) is 21.1. The Balaban J connectivity index is 0.00000272. The smallest absolute Gasteiger partial charge is 0.414 e. The van der Waals surface area contributed by atoms with E-state index in [-0.39, 0.29) is 57.2 Å². The number of rotatable bonds is 6. The van der Waals surface area contributed by atoms with Gasteiger partial charge in [0.25, 0.3) is 0 Å². The Morgan fingerprint density at radius 2 is 2.16 bits per heavy atom. The summed E-state index contributed by atoms with van der Waals surface area (Å²) in [7, 11) is 0. The number of halogens is 1. The van der Waals surface area contributed by atoms with E-state index in [1.54, 1.807) is 35.0 Å². The van der Waals surface area contributed by atoms with Crippen LogP contribution in [-0.2, 0) is 11.3 Å². The number of carbonyl (C=O) groups is 1. The number of anilines is 2. The predicted octanol–water partition coefficient (Wildman–Crippen LogP) is 3.95. The minimum Gasteiger partial charge on any atom is -0.674 e. The molecular weight excluding hydrogens is 616 g/mol. The van der Waals surface area contributed by atoms with E-state index < -0.39 is 18.0 Å². The Labute approximate surface area is 213 Å². The summed E-state index contributed by atoms with van der Waals surface area (Å²) >= 11 is 0. The van der Waals surface area contributed by atoms with E-state index in [1.807, 2.05) is 0 Å². The van der Waals surface area contributed by atoms with Crippen LogP contribution in [-0.4, -0.2) is 39.8 Å². The minimum atomic E-state index is -0.576. The quantitative estimate of drug-likeness (QED) is 0.415. The van der Waals surface area contributed by atoms with Crippen LogP contribution in [0.15, 0.2) is 49.1 Å². The van der Waals surface area contributed by atoms with Crippen LogP contribution in [0.4, 0.5) is 26.4 Å². The number of amides is 1. The first-order valence-electron chi connectivity index (χ1n) is 9.10. The van der Waals surface area contributed by atoms with Crippen LogP contribution in [0, 0.1) is 56.5 Å². The van der Waals surface area contributed by atoms with E-state index in [0.29, 0.717) is 35.1 Å². The van der Waals surface area contributed by atoms with E-state index in [1.165, 1.54) is 23.5 Å². The predicted molar refractivity (Wildman–Crippen MR) is 108 cm³/mol. The van der Waals surface area contributed by atoms with Crippen molar-refractivity contribution in [3.05, 3.63) is 77.7 Å². The second-order valence-electron chi connectivity index (χ2n) is 6.60. The molecule has 1 saturated heterocycles. The molecule has 1 radical (unpaired) electrons. The van der Waals surface area contributed by atoms with Crippen LogP contribution in [0.1, 0.15) is 5.69 Å². The first-order chi connectivity index (χ1) is 14.6. The van der Waals surface area contributed by atoms with Crippen molar-refractivity contribution in [3.8, 4) is 5.69 Å². The number of hydrogen-bond acceptors (Lipinski definition) is 5. The minimum absolute atomic E-state index is 0. The van der Waals surface area contributed by atoms with E-state index in [9.17, 15) is 9.18 Å². The molecule has 1 aliphatic heterocycles. The maximum Gasteiger partial charge on any atom is 0.414 e. The molecule has 3 heterocycles. The van der Waals surface area contributed by atoms with Gasteiger partial charge in [0.05, 0.1) is 43.1 Å². The monoisotopic (exact) mass is 633 g/mol. The molecule has 0 bridgehead atoms. The Kier molecular flexibility index (Phi) is 7.60. The number of pyridine rings is 1. The van der Waals surface area contributed by atoms with Crippen LogP contribution in [0.3, 0.4) is 0 Å². The van der Waals surface area contributed by atoms with Gasteiger partial charge in [0.2, 0.25) is 5.69 Å². The van der Waals surface area contributed by atoms with Gasteiger partial charge in [0.1, 0.15) is 17.7 Å². The number of benzene rings is 1. The van der Waals surface area contributed by atoms with Crippen LogP contribution >= 0.6 is 0 Å². The van der Waals surface area contributed by atoms with Crippen molar-refractivity contribution < 1.29 is 58.0 Å². The fourth-order valence-electron chi connectivity index (χ4n) is 3.04. The van der Waals surface area contributed by atoms with Crippen molar-refractivity contribution in [3.63, 3.8) is 0 Å². The number of aromatic nitrogens is 3. The van der Waals surface area contributed by atoms with Crippen LogP contribution in [0.25, 0.3) is 16.3 Å². The number of cyclic esters (lactones) is 1. The first kappa shape index (κ1) is 23.1. The normalized spacial score (nSPS) is 15.2. The Bertz CT molecular complexity index is 1110. The van der Waals surface area contributed by atoms with Crippen molar-refractivity contribution in [1.82, 2.24) is 14.5 Å². The molecule has 1 aromatic carbocycles. The largest absolute Gasteiger partial charge is 0.674 e. The fourth-order valence-corrected chi connectivity index (χ4v) is 3.04. The van der Waals surface area contributed by atoms with E-state index >= 15 is 0 Å². The average molecular weight is 633 g/mol. The summed E-state index contributed by atoms with van der Waals surface area (Å²) in [6, 6.07) is 7.84. The van der Waals surface area contributed by atoms with Gasteiger partial charge in [-0.3, -0.25) is 9.88 Å². The number of nitrogens with zero attached hydrogens (tertiary/aromatic N) is 5. The third-order valence-corrected chi connectivity index (χ3v) is 4.59.